The Morgan fingerprint density at radius 2 is 2.00 bits per heavy atom. The second-order valence-electron chi connectivity index (χ2n) is 6.67. The normalized spacial score (nSPS) is 26.2. The van der Waals surface area contributed by atoms with Gasteiger partial charge in [-0.15, -0.1) is 0 Å². The van der Waals surface area contributed by atoms with Crippen LogP contribution in [-0.2, 0) is 14.3 Å². The number of imidazole rings is 1. The van der Waals surface area contributed by atoms with Crippen molar-refractivity contribution >= 4 is 29.0 Å². The highest BCUT2D eigenvalue weighted by atomic mass is 16.5. The number of aliphatic hydroxyl groups is 3. The van der Waals surface area contributed by atoms with Gasteiger partial charge in [0.25, 0.3) is 0 Å². The number of anilines is 1. The summed E-state index contributed by atoms with van der Waals surface area (Å²) in [4.78, 5) is 35.7. The number of fused-ring (bicyclic) bond motifs is 1. The summed E-state index contributed by atoms with van der Waals surface area (Å²) in [6.45, 7) is 1.28. The Kier molecular flexibility index (Phi) is 6.42. The predicted molar refractivity (Wildman–Crippen MR) is 98.4 cm³/mol. The molecule has 1 unspecified atom stereocenters. The van der Waals surface area contributed by atoms with Gasteiger partial charge in [0.1, 0.15) is 24.6 Å². The molecule has 164 valence electrons. The van der Waals surface area contributed by atoms with E-state index in [9.17, 15) is 30.0 Å². The van der Waals surface area contributed by atoms with E-state index in [1.165, 1.54) is 24.9 Å². The number of rotatable bonds is 6. The van der Waals surface area contributed by atoms with E-state index in [1.807, 2.05) is 0 Å². The van der Waals surface area contributed by atoms with Crippen molar-refractivity contribution in [2.75, 3.05) is 19.0 Å². The first-order valence-corrected chi connectivity index (χ1v) is 8.91. The van der Waals surface area contributed by atoms with Gasteiger partial charge >= 0.3 is 12.0 Å². The predicted octanol–water partition coefficient (Wildman–Crippen LogP) is -1.95. The van der Waals surface area contributed by atoms with E-state index in [1.54, 1.807) is 0 Å². The molecule has 6 N–H and O–H groups in total. The zero-order chi connectivity index (χ0) is 22.0. The number of ether oxygens (including phenoxy) is 2. The molecule has 1 fully saturated rings. The molecule has 0 spiro atoms. The van der Waals surface area contributed by atoms with Crippen LogP contribution in [0.4, 0.5) is 10.6 Å². The van der Waals surface area contributed by atoms with Crippen molar-refractivity contribution in [1.29, 1.82) is 0 Å². The van der Waals surface area contributed by atoms with Crippen molar-refractivity contribution in [1.82, 2.24) is 24.8 Å². The fourth-order valence-corrected chi connectivity index (χ4v) is 2.97. The quantitative estimate of drug-likeness (QED) is 0.300. The van der Waals surface area contributed by atoms with Gasteiger partial charge in [0.2, 0.25) is 0 Å². The molecule has 2 amide bonds. The molecule has 0 saturated carbocycles. The van der Waals surface area contributed by atoms with Gasteiger partial charge < -0.3 is 35.2 Å². The fourth-order valence-electron chi connectivity index (χ4n) is 2.97. The average molecular weight is 426 g/mol. The van der Waals surface area contributed by atoms with Crippen molar-refractivity contribution < 1.29 is 39.5 Å². The first-order valence-electron chi connectivity index (χ1n) is 8.91. The Hall–Kier alpha value is -2.91. The number of carboxylic acids is 1. The van der Waals surface area contributed by atoms with Crippen LogP contribution in [-0.4, -0.2) is 96.1 Å². The minimum atomic E-state index is -1.45. The molecule has 6 atom stereocenters. The zero-order valence-corrected chi connectivity index (χ0v) is 16.0. The molecule has 2 aromatic rings. The van der Waals surface area contributed by atoms with Crippen LogP contribution >= 0.6 is 0 Å². The molecule has 3 heterocycles. The van der Waals surface area contributed by atoms with E-state index in [4.69, 9.17) is 9.47 Å². The van der Waals surface area contributed by atoms with Crippen molar-refractivity contribution in [3.8, 4) is 0 Å². The molecule has 1 aliphatic heterocycles. The number of aromatic nitrogens is 4. The zero-order valence-electron chi connectivity index (χ0n) is 16.0. The number of carbonyl (C=O) groups is 2. The third kappa shape index (κ3) is 4.17. The number of hydrogen-bond acceptors (Lipinski definition) is 10. The summed E-state index contributed by atoms with van der Waals surface area (Å²) in [6.07, 6.45) is -3.58. The van der Waals surface area contributed by atoms with Crippen LogP contribution in [0.25, 0.3) is 11.2 Å². The Bertz CT molecular complexity index is 922. The van der Waals surface area contributed by atoms with E-state index >= 15 is 0 Å². The van der Waals surface area contributed by atoms with Gasteiger partial charge in [0.15, 0.2) is 29.3 Å². The van der Waals surface area contributed by atoms with E-state index < -0.39 is 48.7 Å². The number of nitrogens with one attached hydrogen (secondary N) is 2. The fraction of sp³-hybridized carbons (Fsp3) is 0.562. The van der Waals surface area contributed by atoms with Crippen LogP contribution < -0.4 is 10.6 Å². The minimum Gasteiger partial charge on any atom is -0.480 e. The smallest absolute Gasteiger partial charge is 0.328 e. The number of aliphatic carboxylic acids is 1. The Balaban J connectivity index is 1.82. The molecule has 2 aromatic heterocycles. The van der Waals surface area contributed by atoms with Gasteiger partial charge in [0.05, 0.1) is 19.0 Å². The number of aliphatic hydroxyl groups excluding tert-OH is 3. The summed E-state index contributed by atoms with van der Waals surface area (Å²) in [5, 5.41) is 43.6. The largest absolute Gasteiger partial charge is 0.480 e. The number of urea groups is 1. The number of nitrogens with zero attached hydrogens (tertiary/aromatic N) is 4. The highest BCUT2D eigenvalue weighted by Crippen LogP contribution is 2.28. The molecule has 1 aliphatic rings. The summed E-state index contributed by atoms with van der Waals surface area (Å²) in [5.74, 6) is -1.29. The monoisotopic (exact) mass is 426 g/mol. The van der Waals surface area contributed by atoms with Gasteiger partial charge in [-0.05, 0) is 6.92 Å². The summed E-state index contributed by atoms with van der Waals surface area (Å²) in [5.41, 5.74) is 0.309. The van der Waals surface area contributed by atoms with Crippen molar-refractivity contribution in [3.05, 3.63) is 12.7 Å². The topological polar surface area (TPSA) is 201 Å². The van der Waals surface area contributed by atoms with Crippen molar-refractivity contribution in [3.63, 3.8) is 0 Å². The van der Waals surface area contributed by atoms with Crippen molar-refractivity contribution in [2.24, 2.45) is 0 Å². The van der Waals surface area contributed by atoms with Crippen LogP contribution in [0.15, 0.2) is 12.7 Å². The molecule has 0 bridgehead atoms. The lowest BCUT2D eigenvalue weighted by Crippen LogP contribution is -2.50. The highest BCUT2D eigenvalue weighted by Gasteiger charge is 2.39. The van der Waals surface area contributed by atoms with E-state index in [2.05, 4.69) is 25.6 Å². The SMILES string of the molecule is CO[C@H](C)[C@H](NC(=O)Nc1ncnc2c1ncn2[C@@H]1OC[C@@H](O)C(O)[C@@H]1O)C(=O)O. The molecular weight excluding hydrogens is 404 g/mol. The van der Waals surface area contributed by atoms with Crippen LogP contribution in [0.5, 0.6) is 0 Å². The maximum Gasteiger partial charge on any atom is 0.328 e. The number of methoxy groups -OCH3 is 1. The number of hydrogen-bond donors (Lipinski definition) is 6. The third-order valence-corrected chi connectivity index (χ3v) is 4.73. The molecule has 1 saturated heterocycles. The first-order chi connectivity index (χ1) is 14.2. The molecule has 3 rings (SSSR count). The minimum absolute atomic E-state index is 0.0173. The van der Waals surface area contributed by atoms with Gasteiger partial charge in [-0.25, -0.2) is 24.5 Å². The van der Waals surface area contributed by atoms with Gasteiger partial charge in [-0.3, -0.25) is 9.88 Å². The third-order valence-electron chi connectivity index (χ3n) is 4.73. The summed E-state index contributed by atoms with van der Waals surface area (Å²) >= 11 is 0. The Morgan fingerprint density at radius 1 is 1.27 bits per heavy atom. The Labute approximate surface area is 169 Å². The summed E-state index contributed by atoms with van der Waals surface area (Å²) in [7, 11) is 1.32. The van der Waals surface area contributed by atoms with Crippen LogP contribution in [0.1, 0.15) is 13.2 Å². The second kappa shape index (κ2) is 8.85. The summed E-state index contributed by atoms with van der Waals surface area (Å²) < 4.78 is 11.7. The number of carboxylic acid groups (broad SMARTS) is 1. The maximum absolute atomic E-state index is 12.3. The molecule has 0 radical (unpaired) electrons. The molecule has 14 heteroatoms. The van der Waals surface area contributed by atoms with Gasteiger partial charge in [0, 0.05) is 7.11 Å². The lowest BCUT2D eigenvalue weighted by atomic mass is 10.0. The standard InChI is InChI=1S/C16H22N6O8/c1-6(29-2)8(15(26)27)20-16(28)21-12-9-13(18-4-17-12)22(5-19-9)14-11(25)10(24)7(23)3-30-14/h4-8,10-11,14,23-25H,3H2,1-2H3,(H,26,27)(H2,17,18,20,21,28)/t6-,7-,8+,10?,11+,14-/m1/s1. The van der Waals surface area contributed by atoms with Gasteiger partial charge in [-0.2, -0.15) is 0 Å². The molecule has 0 aliphatic carbocycles. The van der Waals surface area contributed by atoms with E-state index in [0.717, 1.165) is 6.33 Å². The molecule has 30 heavy (non-hydrogen) atoms. The Morgan fingerprint density at radius 3 is 2.67 bits per heavy atom. The lowest BCUT2D eigenvalue weighted by molar-refractivity contribution is -0.210. The number of amides is 2. The lowest BCUT2D eigenvalue weighted by Gasteiger charge is -2.35. The summed E-state index contributed by atoms with van der Waals surface area (Å²) in [6, 6.07) is -2.16. The van der Waals surface area contributed by atoms with Crippen LogP contribution in [0.3, 0.4) is 0 Å². The average Bonchev–Trinajstić information content (AvgIpc) is 3.14. The molecular formula is C16H22N6O8. The van der Waals surface area contributed by atoms with Crippen LogP contribution in [0.2, 0.25) is 0 Å². The highest BCUT2D eigenvalue weighted by molar-refractivity contribution is 5.97. The van der Waals surface area contributed by atoms with E-state index in [0.29, 0.717) is 0 Å². The van der Waals surface area contributed by atoms with Crippen molar-refractivity contribution in [2.45, 2.75) is 43.6 Å². The van der Waals surface area contributed by atoms with E-state index in [-0.39, 0.29) is 23.6 Å². The molecule has 0 aromatic carbocycles. The van der Waals surface area contributed by atoms with Crippen LogP contribution in [0, 0.1) is 0 Å². The number of carbonyl (C=O) groups excluding carboxylic acids is 1. The maximum atomic E-state index is 12.3. The molecule has 14 nitrogen and oxygen atoms in total. The first kappa shape index (κ1) is 21.8. The second-order valence-corrected chi connectivity index (χ2v) is 6.67. The van der Waals surface area contributed by atoms with Gasteiger partial charge in [-0.1, -0.05) is 0 Å².